The Morgan fingerprint density at radius 3 is 1.44 bits per heavy atom. The maximum Gasteiger partial charge on any atom is 0.207 e. The molecule has 1 unspecified atom stereocenters. The standard InChI is InChI=1S/C27H22Cl2O8S4/c1-18-2-5-22(6-3-18)39(32,33)23-7-9-24(10-8-23)40(34,35)25-11-13-27(20(15-25)17-29)41(36,37)26-12-4-21(38(30)31)14-19(26)16-28/h2-15H,16-17H2,1H3,(H,30,31). The highest BCUT2D eigenvalue weighted by atomic mass is 35.5. The van der Waals surface area contributed by atoms with Gasteiger partial charge in [-0.15, -0.1) is 23.2 Å². The summed E-state index contributed by atoms with van der Waals surface area (Å²) in [5.74, 6) is -0.613. The molecule has 41 heavy (non-hydrogen) atoms. The summed E-state index contributed by atoms with van der Waals surface area (Å²) in [5, 5.41) is 0. The average Bonchev–Trinajstić information content (AvgIpc) is 2.96. The molecule has 14 heteroatoms. The molecular formula is C27H22Cl2O8S4. The predicted octanol–water partition coefficient (Wildman–Crippen LogP) is 5.55. The normalized spacial score (nSPS) is 13.2. The smallest absolute Gasteiger partial charge is 0.207 e. The number of aryl methyl sites for hydroxylation is 1. The second-order valence-corrected chi connectivity index (χ2v) is 16.1. The van der Waals surface area contributed by atoms with E-state index in [0.717, 1.165) is 29.8 Å². The molecule has 216 valence electrons. The van der Waals surface area contributed by atoms with Crippen LogP contribution in [0.15, 0.2) is 119 Å². The Kier molecular flexibility index (Phi) is 9.15. The van der Waals surface area contributed by atoms with E-state index in [-0.39, 0.29) is 57.2 Å². The van der Waals surface area contributed by atoms with E-state index in [2.05, 4.69) is 0 Å². The summed E-state index contributed by atoms with van der Waals surface area (Å²) in [4.78, 5) is -0.966. The number of rotatable bonds is 9. The molecule has 0 aromatic heterocycles. The molecule has 0 fully saturated rings. The first-order chi connectivity index (χ1) is 19.2. The summed E-state index contributed by atoms with van der Waals surface area (Å²) in [6, 6.07) is 17.9. The van der Waals surface area contributed by atoms with Crippen molar-refractivity contribution in [2.75, 3.05) is 0 Å². The fourth-order valence-corrected chi connectivity index (χ4v) is 9.31. The molecule has 8 nitrogen and oxygen atoms in total. The molecule has 4 aromatic rings. The largest absolute Gasteiger partial charge is 0.302 e. The van der Waals surface area contributed by atoms with E-state index < -0.39 is 40.6 Å². The molecule has 0 aliphatic rings. The van der Waals surface area contributed by atoms with Crippen LogP contribution < -0.4 is 0 Å². The van der Waals surface area contributed by atoms with E-state index in [1.165, 1.54) is 48.5 Å². The van der Waals surface area contributed by atoms with Crippen molar-refractivity contribution in [3.63, 3.8) is 0 Å². The lowest BCUT2D eigenvalue weighted by atomic mass is 10.2. The predicted molar refractivity (Wildman–Crippen MR) is 155 cm³/mol. The highest BCUT2D eigenvalue weighted by molar-refractivity contribution is 7.92. The summed E-state index contributed by atoms with van der Waals surface area (Å²) >= 11 is 9.62. The van der Waals surface area contributed by atoms with Gasteiger partial charge in [-0.2, -0.15) is 0 Å². The van der Waals surface area contributed by atoms with Gasteiger partial charge in [0.25, 0.3) is 0 Å². The third kappa shape index (κ3) is 6.14. The number of benzene rings is 4. The van der Waals surface area contributed by atoms with Gasteiger partial charge < -0.3 is 4.55 Å². The monoisotopic (exact) mass is 672 g/mol. The van der Waals surface area contributed by atoms with E-state index in [1.54, 1.807) is 12.1 Å². The minimum Gasteiger partial charge on any atom is -0.302 e. The quantitative estimate of drug-likeness (QED) is 0.180. The van der Waals surface area contributed by atoms with E-state index in [9.17, 15) is 34.0 Å². The van der Waals surface area contributed by atoms with Crippen molar-refractivity contribution in [1.82, 2.24) is 0 Å². The molecule has 0 radical (unpaired) electrons. The third-order valence-electron chi connectivity index (χ3n) is 6.22. The zero-order valence-electron chi connectivity index (χ0n) is 21.2. The first kappa shape index (κ1) is 31.4. The van der Waals surface area contributed by atoms with Crippen LogP contribution in [0.2, 0.25) is 0 Å². The van der Waals surface area contributed by atoms with Gasteiger partial charge in [0.15, 0.2) is 11.1 Å². The van der Waals surface area contributed by atoms with Gasteiger partial charge in [0.1, 0.15) is 0 Å². The highest BCUT2D eigenvalue weighted by Crippen LogP contribution is 2.33. The van der Waals surface area contributed by atoms with Gasteiger partial charge in [-0.05, 0) is 90.8 Å². The molecule has 0 bridgehead atoms. The van der Waals surface area contributed by atoms with Gasteiger partial charge >= 0.3 is 0 Å². The van der Waals surface area contributed by atoms with Crippen molar-refractivity contribution >= 4 is 63.8 Å². The second kappa shape index (κ2) is 12.0. The van der Waals surface area contributed by atoms with Crippen molar-refractivity contribution in [3.8, 4) is 0 Å². The third-order valence-corrected chi connectivity index (χ3v) is 13.0. The van der Waals surface area contributed by atoms with Crippen LogP contribution in [0.5, 0.6) is 0 Å². The van der Waals surface area contributed by atoms with Crippen LogP contribution >= 0.6 is 23.2 Å². The van der Waals surface area contributed by atoms with Crippen LogP contribution in [0.25, 0.3) is 0 Å². The lowest BCUT2D eigenvalue weighted by Gasteiger charge is -2.14. The zero-order chi connectivity index (χ0) is 30.2. The number of hydrogen-bond donors (Lipinski definition) is 1. The number of sulfone groups is 3. The minimum absolute atomic E-state index is 0.00152. The molecule has 4 rings (SSSR count). The number of hydrogen-bond acceptors (Lipinski definition) is 7. The van der Waals surface area contributed by atoms with Crippen LogP contribution in [0, 0.1) is 6.92 Å². The molecule has 0 spiro atoms. The van der Waals surface area contributed by atoms with Gasteiger partial charge in [-0.1, -0.05) is 17.7 Å². The fraction of sp³-hybridized carbons (Fsp3) is 0.111. The molecule has 0 saturated carbocycles. The Morgan fingerprint density at radius 2 is 0.976 bits per heavy atom. The Balaban J connectivity index is 1.72. The molecule has 0 aliphatic heterocycles. The second-order valence-electron chi connectivity index (χ2n) is 8.85. The van der Waals surface area contributed by atoms with Gasteiger partial charge in [0.2, 0.25) is 29.5 Å². The molecule has 1 N–H and O–H groups in total. The first-order valence-electron chi connectivity index (χ1n) is 11.6. The zero-order valence-corrected chi connectivity index (χ0v) is 26.0. The lowest BCUT2D eigenvalue weighted by Crippen LogP contribution is -2.10. The van der Waals surface area contributed by atoms with Crippen LogP contribution in [0.3, 0.4) is 0 Å². The van der Waals surface area contributed by atoms with Gasteiger partial charge in [0.05, 0.1) is 34.3 Å². The first-order valence-corrected chi connectivity index (χ1v) is 18.3. The van der Waals surface area contributed by atoms with E-state index in [0.29, 0.717) is 0 Å². The molecule has 1 atom stereocenters. The van der Waals surface area contributed by atoms with Gasteiger partial charge in [-0.25, -0.2) is 29.5 Å². The Hall–Kier alpha value is -2.58. The SMILES string of the molecule is Cc1ccc(S(=O)(=O)c2ccc(S(=O)(=O)c3ccc(S(=O)(=O)c4ccc(S(=O)O)cc4CCl)c(CCl)c3)cc2)cc1. The Morgan fingerprint density at radius 1 is 0.585 bits per heavy atom. The maximum absolute atomic E-state index is 13.5. The van der Waals surface area contributed by atoms with E-state index in [4.69, 9.17) is 23.2 Å². The molecule has 0 aliphatic carbocycles. The molecular weight excluding hydrogens is 651 g/mol. The number of halogens is 2. The summed E-state index contributed by atoms with van der Waals surface area (Å²) < 4.78 is 100. The maximum atomic E-state index is 13.5. The van der Waals surface area contributed by atoms with Gasteiger partial charge in [-0.3, -0.25) is 0 Å². The van der Waals surface area contributed by atoms with Crippen LogP contribution in [-0.2, 0) is 52.4 Å². The van der Waals surface area contributed by atoms with Crippen molar-refractivity contribution < 1.29 is 34.0 Å². The Labute approximate surface area is 251 Å². The average molecular weight is 674 g/mol. The lowest BCUT2D eigenvalue weighted by molar-refractivity contribution is 0.563. The highest BCUT2D eigenvalue weighted by Gasteiger charge is 2.27. The summed E-state index contributed by atoms with van der Waals surface area (Å²) in [6.07, 6.45) is 0. The van der Waals surface area contributed by atoms with Crippen molar-refractivity contribution in [2.24, 2.45) is 0 Å². The molecule has 4 aromatic carbocycles. The minimum atomic E-state index is -4.26. The van der Waals surface area contributed by atoms with Crippen LogP contribution in [-0.4, -0.2) is 34.0 Å². The van der Waals surface area contributed by atoms with Crippen LogP contribution in [0.1, 0.15) is 16.7 Å². The number of alkyl halides is 2. The topological polar surface area (TPSA) is 140 Å². The summed E-state index contributed by atoms with van der Waals surface area (Å²) in [7, 11) is -12.3. The van der Waals surface area contributed by atoms with Crippen molar-refractivity contribution in [1.29, 1.82) is 0 Å². The van der Waals surface area contributed by atoms with E-state index in [1.807, 2.05) is 6.92 Å². The molecule has 0 saturated heterocycles. The van der Waals surface area contributed by atoms with E-state index >= 15 is 0 Å². The molecule has 0 heterocycles. The fourth-order valence-electron chi connectivity index (χ4n) is 4.03. The van der Waals surface area contributed by atoms with Crippen molar-refractivity contribution in [2.45, 2.75) is 53.0 Å². The van der Waals surface area contributed by atoms with Gasteiger partial charge in [0, 0.05) is 11.8 Å². The molecule has 0 amide bonds. The van der Waals surface area contributed by atoms with Crippen LogP contribution in [0.4, 0.5) is 0 Å². The summed E-state index contributed by atoms with van der Waals surface area (Å²) in [5.41, 5.74) is 0.975. The Bertz CT molecular complexity index is 1970. The van der Waals surface area contributed by atoms with Crippen molar-refractivity contribution in [3.05, 3.63) is 102 Å². The summed E-state index contributed by atoms with van der Waals surface area (Å²) in [6.45, 7) is 1.82.